The number of aryl methyl sites for hydroxylation is 1. The summed E-state index contributed by atoms with van der Waals surface area (Å²) in [6.45, 7) is 0. The van der Waals surface area contributed by atoms with Gasteiger partial charge in [0.15, 0.2) is 0 Å². The Morgan fingerprint density at radius 2 is 2.04 bits per heavy atom. The van der Waals surface area contributed by atoms with Gasteiger partial charge in [-0.1, -0.05) is 36.4 Å². The maximum Gasteiger partial charge on any atom is 0.265 e. The van der Waals surface area contributed by atoms with Crippen molar-refractivity contribution < 1.29 is 4.79 Å². The van der Waals surface area contributed by atoms with Gasteiger partial charge in [0.25, 0.3) is 5.91 Å². The van der Waals surface area contributed by atoms with E-state index in [-0.39, 0.29) is 5.91 Å². The van der Waals surface area contributed by atoms with Crippen LogP contribution < -0.4 is 11.3 Å². The summed E-state index contributed by atoms with van der Waals surface area (Å²) in [6.07, 6.45) is 4.45. The predicted molar refractivity (Wildman–Crippen MR) is 89.3 cm³/mol. The molecular weight excluding hydrogens is 286 g/mol. The Bertz CT molecular complexity index is 831. The largest absolute Gasteiger partial charge is 0.290 e. The fourth-order valence-corrected chi connectivity index (χ4v) is 3.03. The first-order valence-electron chi connectivity index (χ1n) is 7.54. The van der Waals surface area contributed by atoms with E-state index in [9.17, 15) is 4.79 Å². The van der Waals surface area contributed by atoms with Crippen LogP contribution in [0, 0.1) is 11.3 Å². The predicted octanol–water partition coefficient (Wildman–Crippen LogP) is 2.73. The zero-order chi connectivity index (χ0) is 16.2. The van der Waals surface area contributed by atoms with Crippen molar-refractivity contribution in [2.45, 2.75) is 19.3 Å². The Labute approximate surface area is 135 Å². The highest BCUT2D eigenvalue weighted by Gasteiger charge is 2.18. The number of amides is 1. The average molecular weight is 303 g/mol. The normalized spacial score (nSPS) is 12.8. The maximum atomic E-state index is 11.8. The van der Waals surface area contributed by atoms with Crippen molar-refractivity contribution in [1.29, 1.82) is 5.26 Å². The SMILES string of the molecule is N#CCc1ccccc1C1=CCCc2ccc(C(=O)NN)cc21. The third-order valence-corrected chi connectivity index (χ3v) is 4.13. The Morgan fingerprint density at radius 3 is 2.83 bits per heavy atom. The Balaban J connectivity index is 2.12. The standard InChI is InChI=1S/C19H17N3O/c20-11-10-14-4-1-2-6-16(14)17-7-3-5-13-8-9-15(12-18(13)17)19(23)22-21/h1-2,4,6-9,12H,3,5,10,21H2,(H,22,23). The summed E-state index contributed by atoms with van der Waals surface area (Å²) in [4.78, 5) is 11.8. The zero-order valence-corrected chi connectivity index (χ0v) is 12.7. The summed E-state index contributed by atoms with van der Waals surface area (Å²) in [5.74, 6) is 4.94. The lowest BCUT2D eigenvalue weighted by atomic mass is 9.84. The molecule has 1 aliphatic rings. The molecule has 0 aromatic heterocycles. The van der Waals surface area contributed by atoms with Gasteiger partial charge in [-0.15, -0.1) is 0 Å². The van der Waals surface area contributed by atoms with Gasteiger partial charge in [0.05, 0.1) is 12.5 Å². The van der Waals surface area contributed by atoms with Crippen LogP contribution in [0.15, 0.2) is 48.5 Å². The van der Waals surface area contributed by atoms with Gasteiger partial charge in [0.1, 0.15) is 0 Å². The number of nitriles is 1. The van der Waals surface area contributed by atoms with Gasteiger partial charge in [0, 0.05) is 5.56 Å². The number of allylic oxidation sites excluding steroid dienone is 1. The molecule has 0 unspecified atom stereocenters. The van der Waals surface area contributed by atoms with Crippen LogP contribution >= 0.6 is 0 Å². The first kappa shape index (κ1) is 15.0. The molecule has 0 bridgehead atoms. The highest BCUT2D eigenvalue weighted by atomic mass is 16.2. The molecule has 4 nitrogen and oxygen atoms in total. The number of hydrogen-bond acceptors (Lipinski definition) is 3. The molecule has 2 aromatic carbocycles. The molecule has 1 aliphatic carbocycles. The van der Waals surface area contributed by atoms with E-state index in [1.54, 1.807) is 6.07 Å². The molecule has 4 heteroatoms. The molecule has 1 amide bonds. The van der Waals surface area contributed by atoms with Gasteiger partial charge in [-0.25, -0.2) is 5.84 Å². The van der Waals surface area contributed by atoms with Crippen molar-refractivity contribution >= 4 is 11.5 Å². The van der Waals surface area contributed by atoms with E-state index in [4.69, 9.17) is 11.1 Å². The minimum Gasteiger partial charge on any atom is -0.290 e. The molecule has 0 spiro atoms. The molecule has 0 atom stereocenters. The van der Waals surface area contributed by atoms with Gasteiger partial charge < -0.3 is 0 Å². The summed E-state index contributed by atoms with van der Waals surface area (Å²) in [5, 5.41) is 9.05. The molecule has 0 heterocycles. The first-order valence-corrected chi connectivity index (χ1v) is 7.54. The topological polar surface area (TPSA) is 78.9 Å². The molecular formula is C19H17N3O. The van der Waals surface area contributed by atoms with Crippen molar-refractivity contribution in [2.75, 3.05) is 0 Å². The average Bonchev–Trinajstić information content (AvgIpc) is 2.61. The van der Waals surface area contributed by atoms with Crippen LogP contribution in [0.5, 0.6) is 0 Å². The number of hydrazine groups is 1. The van der Waals surface area contributed by atoms with E-state index < -0.39 is 0 Å². The van der Waals surface area contributed by atoms with E-state index >= 15 is 0 Å². The number of nitrogens with two attached hydrogens (primary N) is 1. The summed E-state index contributed by atoms with van der Waals surface area (Å²) < 4.78 is 0. The Kier molecular flexibility index (Phi) is 4.22. The number of fused-ring (bicyclic) bond motifs is 1. The van der Waals surface area contributed by atoms with E-state index in [0.717, 1.165) is 35.1 Å². The molecule has 0 aliphatic heterocycles. The lowest BCUT2D eigenvalue weighted by Gasteiger charge is -2.20. The van der Waals surface area contributed by atoms with Gasteiger partial charge in [-0.05, 0) is 52.8 Å². The highest BCUT2D eigenvalue weighted by molar-refractivity contribution is 5.96. The van der Waals surface area contributed by atoms with Crippen LogP contribution in [0.25, 0.3) is 5.57 Å². The fraction of sp³-hybridized carbons (Fsp3) is 0.158. The minimum absolute atomic E-state index is 0.303. The monoisotopic (exact) mass is 303 g/mol. The zero-order valence-electron chi connectivity index (χ0n) is 12.7. The molecule has 2 aromatic rings. The number of nitrogen functional groups attached to an aromatic ring is 1. The third-order valence-electron chi connectivity index (χ3n) is 4.13. The van der Waals surface area contributed by atoms with Crippen LogP contribution in [0.4, 0.5) is 0 Å². The lowest BCUT2D eigenvalue weighted by molar-refractivity contribution is 0.0953. The van der Waals surface area contributed by atoms with Crippen LogP contribution in [-0.4, -0.2) is 5.91 Å². The molecule has 0 fully saturated rings. The lowest BCUT2D eigenvalue weighted by Crippen LogP contribution is -2.30. The second-order valence-electron chi connectivity index (χ2n) is 5.49. The molecule has 3 N–H and O–H groups in total. The molecule has 0 radical (unpaired) electrons. The maximum absolute atomic E-state index is 11.8. The summed E-state index contributed by atoms with van der Waals surface area (Å²) >= 11 is 0. The van der Waals surface area contributed by atoms with Gasteiger partial charge in [-0.2, -0.15) is 5.26 Å². The molecule has 0 saturated heterocycles. The fourth-order valence-electron chi connectivity index (χ4n) is 3.03. The minimum atomic E-state index is -0.303. The summed E-state index contributed by atoms with van der Waals surface area (Å²) in [6, 6.07) is 15.8. The Morgan fingerprint density at radius 1 is 1.22 bits per heavy atom. The molecule has 0 saturated carbocycles. The number of nitrogens with one attached hydrogen (secondary N) is 1. The van der Waals surface area contributed by atoms with Crippen LogP contribution in [0.2, 0.25) is 0 Å². The van der Waals surface area contributed by atoms with E-state index in [1.165, 1.54) is 5.56 Å². The van der Waals surface area contributed by atoms with Crippen LogP contribution in [-0.2, 0) is 12.8 Å². The van der Waals surface area contributed by atoms with E-state index in [0.29, 0.717) is 12.0 Å². The number of nitrogens with zero attached hydrogens (tertiary/aromatic N) is 1. The first-order chi connectivity index (χ1) is 11.2. The van der Waals surface area contributed by atoms with E-state index in [1.807, 2.05) is 36.4 Å². The summed E-state index contributed by atoms with van der Waals surface area (Å²) in [5.41, 5.74) is 8.11. The summed E-state index contributed by atoms with van der Waals surface area (Å²) in [7, 11) is 0. The quantitative estimate of drug-likeness (QED) is 0.520. The van der Waals surface area contributed by atoms with Crippen molar-refractivity contribution in [2.24, 2.45) is 5.84 Å². The van der Waals surface area contributed by atoms with Crippen molar-refractivity contribution in [3.8, 4) is 6.07 Å². The smallest absolute Gasteiger partial charge is 0.265 e. The second kappa shape index (κ2) is 6.47. The van der Waals surface area contributed by atoms with Crippen LogP contribution in [0.1, 0.15) is 39.0 Å². The van der Waals surface area contributed by atoms with Crippen molar-refractivity contribution in [1.82, 2.24) is 5.43 Å². The number of rotatable bonds is 3. The Hall–Kier alpha value is -2.90. The molecule has 23 heavy (non-hydrogen) atoms. The van der Waals surface area contributed by atoms with E-state index in [2.05, 4.69) is 17.6 Å². The van der Waals surface area contributed by atoms with Gasteiger partial charge in [-0.3, -0.25) is 10.2 Å². The second-order valence-corrected chi connectivity index (χ2v) is 5.49. The van der Waals surface area contributed by atoms with Crippen molar-refractivity contribution in [3.63, 3.8) is 0 Å². The molecule has 114 valence electrons. The number of benzene rings is 2. The highest BCUT2D eigenvalue weighted by Crippen LogP contribution is 2.34. The number of carbonyl (C=O) groups excluding carboxylic acids is 1. The molecule has 3 rings (SSSR count). The van der Waals surface area contributed by atoms with Crippen molar-refractivity contribution in [3.05, 3.63) is 76.4 Å². The number of carbonyl (C=O) groups is 1. The van der Waals surface area contributed by atoms with Crippen LogP contribution in [0.3, 0.4) is 0 Å². The third kappa shape index (κ3) is 2.87. The number of hydrogen-bond donors (Lipinski definition) is 2. The van der Waals surface area contributed by atoms with Gasteiger partial charge >= 0.3 is 0 Å². The van der Waals surface area contributed by atoms with Gasteiger partial charge in [0.2, 0.25) is 0 Å².